The maximum Gasteiger partial charge on any atom is 0.106 e. The van der Waals surface area contributed by atoms with Crippen molar-refractivity contribution in [3.63, 3.8) is 0 Å². The summed E-state index contributed by atoms with van der Waals surface area (Å²) in [6.45, 7) is 0. The van der Waals surface area contributed by atoms with Crippen molar-refractivity contribution in [1.29, 1.82) is 5.26 Å². The lowest BCUT2D eigenvalue weighted by Crippen LogP contribution is -2.45. The van der Waals surface area contributed by atoms with E-state index in [1.165, 1.54) is 0 Å². The molecule has 1 aromatic heterocycles. The maximum atomic E-state index is 9.22. The van der Waals surface area contributed by atoms with E-state index in [9.17, 15) is 5.26 Å². The summed E-state index contributed by atoms with van der Waals surface area (Å²) in [5, 5.41) is 9.79. The summed E-state index contributed by atoms with van der Waals surface area (Å²) in [6, 6.07) is 5.84. The number of hydrogen-bond donors (Lipinski definition) is 0. The smallest absolute Gasteiger partial charge is 0.106 e. The highest BCUT2D eigenvalue weighted by atomic mass is 35.5. The van der Waals surface area contributed by atoms with Gasteiger partial charge in [-0.15, -0.1) is 0 Å². The first-order chi connectivity index (χ1) is 7.22. The second-order valence-corrected chi connectivity index (χ2v) is 4.20. The number of ether oxygens (including phenoxy) is 1. The summed E-state index contributed by atoms with van der Waals surface area (Å²) in [5.74, 6) is 0. The van der Waals surface area contributed by atoms with Gasteiger partial charge < -0.3 is 4.74 Å². The highest BCUT2D eigenvalue weighted by Crippen LogP contribution is 2.45. The van der Waals surface area contributed by atoms with E-state index >= 15 is 0 Å². The number of methoxy groups -OCH3 is 1. The van der Waals surface area contributed by atoms with Gasteiger partial charge in [-0.05, 0) is 25.0 Å². The van der Waals surface area contributed by atoms with E-state index in [2.05, 4.69) is 11.1 Å². The molecule has 2 rings (SSSR count). The lowest BCUT2D eigenvalue weighted by Gasteiger charge is -2.41. The quantitative estimate of drug-likeness (QED) is 0.772. The van der Waals surface area contributed by atoms with E-state index in [0.717, 1.165) is 0 Å². The van der Waals surface area contributed by atoms with Crippen LogP contribution in [0.2, 0.25) is 5.02 Å². The van der Waals surface area contributed by atoms with Crippen LogP contribution < -0.4 is 0 Å². The zero-order valence-corrected chi connectivity index (χ0v) is 9.16. The van der Waals surface area contributed by atoms with Crippen molar-refractivity contribution in [2.45, 2.75) is 24.4 Å². The zero-order valence-electron chi connectivity index (χ0n) is 8.40. The van der Waals surface area contributed by atoms with Crippen LogP contribution in [-0.2, 0) is 10.2 Å². The van der Waals surface area contributed by atoms with E-state index in [1.807, 2.05) is 0 Å². The molecule has 0 unspecified atom stereocenters. The number of pyridine rings is 1. The van der Waals surface area contributed by atoms with E-state index in [0.29, 0.717) is 23.6 Å². The topological polar surface area (TPSA) is 45.9 Å². The molecule has 15 heavy (non-hydrogen) atoms. The van der Waals surface area contributed by atoms with Crippen LogP contribution in [0.4, 0.5) is 0 Å². The van der Waals surface area contributed by atoms with Crippen LogP contribution in [0, 0.1) is 11.3 Å². The molecule has 1 fully saturated rings. The minimum atomic E-state index is -0.543. The Morgan fingerprint density at radius 2 is 2.40 bits per heavy atom. The SMILES string of the molecule is COC1CC(C#N)(c2ncccc2Cl)C1. The highest BCUT2D eigenvalue weighted by molar-refractivity contribution is 6.31. The molecule has 0 radical (unpaired) electrons. The predicted molar refractivity (Wildman–Crippen MR) is 56.6 cm³/mol. The molecule has 4 heteroatoms. The van der Waals surface area contributed by atoms with Crippen LogP contribution in [-0.4, -0.2) is 18.2 Å². The first-order valence-corrected chi connectivity index (χ1v) is 5.15. The summed E-state index contributed by atoms with van der Waals surface area (Å²) < 4.78 is 5.18. The predicted octanol–water partition coefficient (Wildman–Crippen LogP) is 2.31. The van der Waals surface area contributed by atoms with Crippen LogP contribution in [0.15, 0.2) is 18.3 Å². The minimum Gasteiger partial charge on any atom is -0.381 e. The molecule has 78 valence electrons. The number of aromatic nitrogens is 1. The van der Waals surface area contributed by atoms with Gasteiger partial charge in [-0.3, -0.25) is 4.98 Å². The zero-order chi connectivity index (χ0) is 10.9. The maximum absolute atomic E-state index is 9.22. The fourth-order valence-electron chi connectivity index (χ4n) is 1.96. The molecule has 1 saturated carbocycles. The van der Waals surface area contributed by atoms with E-state index in [1.54, 1.807) is 25.4 Å². The van der Waals surface area contributed by atoms with Crippen LogP contribution in [0.3, 0.4) is 0 Å². The summed E-state index contributed by atoms with van der Waals surface area (Å²) >= 11 is 6.04. The first kappa shape index (κ1) is 10.4. The Labute approximate surface area is 93.6 Å². The number of nitriles is 1. The van der Waals surface area contributed by atoms with Gasteiger partial charge in [0.25, 0.3) is 0 Å². The van der Waals surface area contributed by atoms with Gasteiger partial charge in [0.1, 0.15) is 5.41 Å². The lowest BCUT2D eigenvalue weighted by atomic mass is 9.65. The average Bonchev–Trinajstić information content (AvgIpc) is 2.20. The van der Waals surface area contributed by atoms with Crippen LogP contribution in [0.25, 0.3) is 0 Å². The first-order valence-electron chi connectivity index (χ1n) is 4.77. The monoisotopic (exact) mass is 222 g/mol. The van der Waals surface area contributed by atoms with Crippen molar-refractivity contribution in [3.8, 4) is 6.07 Å². The molecule has 0 spiro atoms. The number of rotatable bonds is 2. The molecule has 3 nitrogen and oxygen atoms in total. The Balaban J connectivity index is 2.31. The molecule has 1 heterocycles. The second kappa shape index (κ2) is 3.80. The fraction of sp³-hybridized carbons (Fsp3) is 0.455. The minimum absolute atomic E-state index is 0.155. The van der Waals surface area contributed by atoms with E-state index in [4.69, 9.17) is 16.3 Å². The van der Waals surface area contributed by atoms with Crippen molar-refractivity contribution in [3.05, 3.63) is 29.0 Å². The summed E-state index contributed by atoms with van der Waals surface area (Å²) in [6.07, 6.45) is 3.18. The van der Waals surface area contributed by atoms with Gasteiger partial charge in [0, 0.05) is 13.3 Å². The second-order valence-electron chi connectivity index (χ2n) is 3.79. The average molecular weight is 223 g/mol. The van der Waals surface area contributed by atoms with E-state index < -0.39 is 5.41 Å². The van der Waals surface area contributed by atoms with Crippen molar-refractivity contribution < 1.29 is 4.74 Å². The normalized spacial score (nSPS) is 29.3. The third-order valence-corrected chi connectivity index (χ3v) is 3.22. The number of nitrogens with zero attached hydrogens (tertiary/aromatic N) is 2. The van der Waals surface area contributed by atoms with Crippen LogP contribution >= 0.6 is 11.6 Å². The van der Waals surface area contributed by atoms with Gasteiger partial charge in [-0.2, -0.15) is 5.26 Å². The Bertz CT molecular complexity index is 407. The highest BCUT2D eigenvalue weighted by Gasteiger charge is 2.48. The fourth-order valence-corrected chi connectivity index (χ4v) is 2.26. The van der Waals surface area contributed by atoms with Crippen molar-refractivity contribution in [2.75, 3.05) is 7.11 Å². The molecule has 0 bridgehead atoms. The van der Waals surface area contributed by atoms with Crippen LogP contribution in [0.5, 0.6) is 0 Å². The summed E-state index contributed by atoms with van der Waals surface area (Å²) in [7, 11) is 1.66. The molecule has 1 aliphatic carbocycles. The van der Waals surface area contributed by atoms with Crippen LogP contribution in [0.1, 0.15) is 18.5 Å². The Morgan fingerprint density at radius 1 is 1.67 bits per heavy atom. The van der Waals surface area contributed by atoms with E-state index in [-0.39, 0.29) is 6.10 Å². The summed E-state index contributed by atoms with van der Waals surface area (Å²) in [4.78, 5) is 4.20. The van der Waals surface area contributed by atoms with Gasteiger partial charge >= 0.3 is 0 Å². The third-order valence-electron chi connectivity index (χ3n) is 2.91. The summed E-state index contributed by atoms with van der Waals surface area (Å²) in [5.41, 5.74) is 0.140. The largest absolute Gasteiger partial charge is 0.381 e. The number of halogens is 1. The Hall–Kier alpha value is -1.11. The standard InChI is InChI=1S/C11H11ClN2O/c1-15-8-5-11(6-8,7-13)10-9(12)3-2-4-14-10/h2-4,8H,5-6H2,1H3. The molecular weight excluding hydrogens is 212 g/mol. The molecular formula is C11H11ClN2O. The Morgan fingerprint density at radius 3 is 2.93 bits per heavy atom. The third kappa shape index (κ3) is 1.60. The van der Waals surface area contributed by atoms with Crippen molar-refractivity contribution >= 4 is 11.6 Å². The van der Waals surface area contributed by atoms with Crippen molar-refractivity contribution in [1.82, 2.24) is 4.98 Å². The molecule has 0 aliphatic heterocycles. The molecule has 0 aromatic carbocycles. The number of hydrogen-bond acceptors (Lipinski definition) is 3. The molecule has 0 N–H and O–H groups in total. The van der Waals surface area contributed by atoms with Gasteiger partial charge in [-0.1, -0.05) is 11.6 Å². The van der Waals surface area contributed by atoms with Gasteiger partial charge in [0.05, 0.1) is 22.9 Å². The molecule has 0 amide bonds. The van der Waals surface area contributed by atoms with Gasteiger partial charge in [-0.25, -0.2) is 0 Å². The van der Waals surface area contributed by atoms with Gasteiger partial charge in [0.2, 0.25) is 0 Å². The molecule has 0 saturated heterocycles. The van der Waals surface area contributed by atoms with Gasteiger partial charge in [0.15, 0.2) is 0 Å². The lowest BCUT2D eigenvalue weighted by molar-refractivity contribution is 0.00117. The molecule has 1 aliphatic rings. The molecule has 0 atom stereocenters. The van der Waals surface area contributed by atoms with Crippen molar-refractivity contribution in [2.24, 2.45) is 0 Å². The molecule has 1 aromatic rings. The Kier molecular flexibility index (Phi) is 2.64.